The molecule has 10 heteroatoms. The molecule has 0 aromatic carbocycles. The zero-order valence-corrected chi connectivity index (χ0v) is 14.4. The molecule has 0 aromatic rings. The van der Waals surface area contributed by atoms with Gasteiger partial charge in [0.1, 0.15) is 11.3 Å². The van der Waals surface area contributed by atoms with Crippen LogP contribution < -0.4 is 0 Å². The second-order valence-corrected chi connectivity index (χ2v) is 7.26. The second kappa shape index (κ2) is 6.75. The summed E-state index contributed by atoms with van der Waals surface area (Å²) < 4.78 is 38.7. The van der Waals surface area contributed by atoms with Gasteiger partial charge >= 0.3 is 6.09 Å². The molecule has 8 nitrogen and oxygen atoms in total. The highest BCUT2D eigenvalue weighted by atomic mass is 19.3. The van der Waals surface area contributed by atoms with Crippen molar-refractivity contribution in [2.24, 2.45) is 0 Å². The van der Waals surface area contributed by atoms with Gasteiger partial charge in [-0.15, -0.1) is 0 Å². The van der Waals surface area contributed by atoms with E-state index in [9.17, 15) is 28.8 Å². The first-order valence-electron chi connectivity index (χ1n) is 7.50. The minimum absolute atomic E-state index is 0.187. The van der Waals surface area contributed by atoms with Crippen LogP contribution in [0.25, 0.3) is 0 Å². The fourth-order valence-electron chi connectivity index (χ4n) is 2.44. The number of ether oxygens (including phenoxy) is 2. The summed E-state index contributed by atoms with van der Waals surface area (Å²) in [5.41, 5.74) is -1.99. The Labute approximate surface area is 138 Å². The van der Waals surface area contributed by atoms with Gasteiger partial charge in [-0.1, -0.05) is 0 Å². The lowest BCUT2D eigenvalue weighted by atomic mass is 10.0. The van der Waals surface area contributed by atoms with E-state index in [2.05, 4.69) is 0 Å². The van der Waals surface area contributed by atoms with Crippen LogP contribution in [-0.4, -0.2) is 63.6 Å². The molecule has 0 bridgehead atoms. The van der Waals surface area contributed by atoms with Crippen LogP contribution >= 0.6 is 0 Å². The van der Waals surface area contributed by atoms with Crippen molar-refractivity contribution in [3.8, 4) is 0 Å². The van der Waals surface area contributed by atoms with Crippen molar-refractivity contribution in [2.75, 3.05) is 13.2 Å². The van der Waals surface area contributed by atoms with Gasteiger partial charge < -0.3 is 14.6 Å². The average Bonchev–Trinajstić information content (AvgIpc) is 2.60. The lowest BCUT2D eigenvalue weighted by Gasteiger charge is -2.36. The van der Waals surface area contributed by atoms with Crippen molar-refractivity contribution < 1.29 is 33.1 Å². The van der Waals surface area contributed by atoms with Crippen LogP contribution in [-0.2, 0) is 9.47 Å². The Morgan fingerprint density at radius 2 is 2.04 bits per heavy atom. The number of hydrogen-bond acceptors (Lipinski definition) is 6. The molecule has 2 atom stereocenters. The summed E-state index contributed by atoms with van der Waals surface area (Å²) in [7, 11) is 0. The van der Waals surface area contributed by atoms with E-state index in [0.717, 1.165) is 4.90 Å². The standard InChI is InChI=1S/C14H24F2N2O6/c1-12(2,3)24-11(20)18-9(8-23-13(18,4)5)6-14(15,16)10(19)7-17(21)22/h9-10,19H,6-8H2,1-5H3/t9-,10?/m0/s1. The fourth-order valence-corrected chi connectivity index (χ4v) is 2.44. The molecule has 1 saturated heterocycles. The van der Waals surface area contributed by atoms with Crippen molar-refractivity contribution in [3.63, 3.8) is 0 Å². The summed E-state index contributed by atoms with van der Waals surface area (Å²) in [6, 6.07) is -1.08. The molecule has 1 N–H and O–H groups in total. The van der Waals surface area contributed by atoms with Crippen molar-refractivity contribution in [1.82, 2.24) is 4.90 Å². The van der Waals surface area contributed by atoms with Crippen LogP contribution in [0.4, 0.5) is 13.6 Å². The SMILES string of the molecule is CC(C)(C)OC(=O)N1[C@@H](CC(F)(F)C(O)C[N+](=O)[O-])COC1(C)C. The average molecular weight is 354 g/mol. The van der Waals surface area contributed by atoms with Crippen molar-refractivity contribution in [1.29, 1.82) is 0 Å². The minimum atomic E-state index is -3.75. The molecule has 1 rings (SSSR count). The van der Waals surface area contributed by atoms with E-state index >= 15 is 0 Å². The Kier molecular flexibility index (Phi) is 5.77. The number of rotatable bonds is 5. The lowest BCUT2D eigenvalue weighted by Crippen LogP contribution is -2.52. The van der Waals surface area contributed by atoms with Gasteiger partial charge in [-0.2, -0.15) is 0 Å². The molecular weight excluding hydrogens is 330 g/mol. The van der Waals surface area contributed by atoms with Gasteiger partial charge in [0.25, 0.3) is 5.92 Å². The summed E-state index contributed by atoms with van der Waals surface area (Å²) in [6.45, 7) is 6.51. The molecule has 1 heterocycles. The van der Waals surface area contributed by atoms with Gasteiger partial charge in [0.05, 0.1) is 12.6 Å². The highest BCUT2D eigenvalue weighted by Gasteiger charge is 2.52. The number of nitrogens with zero attached hydrogens (tertiary/aromatic N) is 2. The van der Waals surface area contributed by atoms with Gasteiger partial charge in [-0.25, -0.2) is 13.6 Å². The molecular formula is C14H24F2N2O6. The van der Waals surface area contributed by atoms with Crippen LogP contribution in [0, 0.1) is 10.1 Å². The monoisotopic (exact) mass is 354 g/mol. The van der Waals surface area contributed by atoms with Crippen LogP contribution in [0.2, 0.25) is 0 Å². The largest absolute Gasteiger partial charge is 0.444 e. The molecule has 24 heavy (non-hydrogen) atoms. The molecule has 1 fully saturated rings. The predicted molar refractivity (Wildman–Crippen MR) is 79.3 cm³/mol. The van der Waals surface area contributed by atoms with Crippen molar-refractivity contribution in [3.05, 3.63) is 10.1 Å². The maximum Gasteiger partial charge on any atom is 0.412 e. The first kappa shape index (κ1) is 20.5. The molecule has 140 valence electrons. The Bertz CT molecular complexity index is 492. The Balaban J connectivity index is 2.92. The number of halogens is 2. The molecule has 1 aliphatic heterocycles. The molecule has 0 aromatic heterocycles. The third-order valence-corrected chi connectivity index (χ3v) is 3.48. The number of aliphatic hydroxyl groups excluding tert-OH is 1. The van der Waals surface area contributed by atoms with Crippen molar-refractivity contribution in [2.45, 2.75) is 70.4 Å². The predicted octanol–water partition coefficient (Wildman–Crippen LogP) is 2.02. The van der Waals surface area contributed by atoms with Crippen molar-refractivity contribution >= 4 is 6.09 Å². The molecule has 0 spiro atoms. The normalized spacial score (nSPS) is 22.3. The van der Waals surface area contributed by atoms with E-state index in [-0.39, 0.29) is 6.61 Å². The van der Waals surface area contributed by atoms with Crippen LogP contribution in [0.15, 0.2) is 0 Å². The first-order valence-corrected chi connectivity index (χ1v) is 7.50. The first-order chi connectivity index (χ1) is 10.7. The summed E-state index contributed by atoms with van der Waals surface area (Å²) in [4.78, 5) is 22.7. The number of carbonyl (C=O) groups excluding carboxylic acids is 1. The summed E-state index contributed by atoms with van der Waals surface area (Å²) in [5, 5.41) is 19.7. The second-order valence-electron chi connectivity index (χ2n) is 7.26. The van der Waals surface area contributed by atoms with Crippen LogP contribution in [0.5, 0.6) is 0 Å². The fraction of sp³-hybridized carbons (Fsp3) is 0.929. The number of nitro groups is 1. The summed E-state index contributed by atoms with van der Waals surface area (Å²) in [6.07, 6.45) is -4.24. The van der Waals surface area contributed by atoms with Gasteiger partial charge in [0, 0.05) is 11.3 Å². The number of aliphatic hydroxyl groups is 1. The molecule has 0 saturated carbocycles. The number of carbonyl (C=O) groups is 1. The Morgan fingerprint density at radius 1 is 1.50 bits per heavy atom. The zero-order valence-electron chi connectivity index (χ0n) is 14.4. The molecule has 0 radical (unpaired) electrons. The highest BCUT2D eigenvalue weighted by Crippen LogP contribution is 2.36. The quantitative estimate of drug-likeness (QED) is 0.599. The van der Waals surface area contributed by atoms with Gasteiger partial charge in [0.2, 0.25) is 6.54 Å². The Morgan fingerprint density at radius 3 is 2.50 bits per heavy atom. The number of hydrogen-bond donors (Lipinski definition) is 1. The smallest absolute Gasteiger partial charge is 0.412 e. The molecule has 1 amide bonds. The third-order valence-electron chi connectivity index (χ3n) is 3.48. The van der Waals surface area contributed by atoms with Gasteiger partial charge in [-0.05, 0) is 34.6 Å². The van der Waals surface area contributed by atoms with Gasteiger partial charge in [0.15, 0.2) is 6.10 Å². The molecule has 1 unspecified atom stereocenters. The summed E-state index contributed by atoms with van der Waals surface area (Å²) in [5.74, 6) is -3.75. The maximum absolute atomic E-state index is 14.1. The van der Waals surface area contributed by atoms with E-state index in [1.807, 2.05) is 0 Å². The third kappa shape index (κ3) is 5.23. The van der Waals surface area contributed by atoms with Crippen LogP contribution in [0.3, 0.4) is 0 Å². The maximum atomic E-state index is 14.1. The summed E-state index contributed by atoms with van der Waals surface area (Å²) >= 11 is 0. The molecule has 1 aliphatic rings. The van der Waals surface area contributed by atoms with E-state index in [4.69, 9.17) is 9.47 Å². The lowest BCUT2D eigenvalue weighted by molar-refractivity contribution is -0.497. The zero-order chi connectivity index (χ0) is 18.9. The van der Waals surface area contributed by atoms with Crippen LogP contribution in [0.1, 0.15) is 41.0 Å². The van der Waals surface area contributed by atoms with E-state index in [0.29, 0.717) is 0 Å². The highest BCUT2D eigenvalue weighted by molar-refractivity contribution is 5.69. The van der Waals surface area contributed by atoms with E-state index in [1.54, 1.807) is 20.8 Å². The van der Waals surface area contributed by atoms with Gasteiger partial charge in [-0.3, -0.25) is 15.0 Å². The Hall–Kier alpha value is -1.55. The van der Waals surface area contributed by atoms with E-state index in [1.165, 1.54) is 13.8 Å². The van der Waals surface area contributed by atoms with E-state index < -0.39 is 53.4 Å². The number of amides is 1. The molecule has 0 aliphatic carbocycles. The minimum Gasteiger partial charge on any atom is -0.444 e. The topological polar surface area (TPSA) is 102 Å². The number of alkyl halides is 2.